The SMILES string of the molecule is C=CCC(O)CNC(=O)Cc1cn2c(C(=O)NCC34CC5CC(CC(C5)C3)C4)cccc2n1. The van der Waals surface area contributed by atoms with Crippen LogP contribution in [0.3, 0.4) is 0 Å². The Morgan fingerprint density at radius 2 is 1.88 bits per heavy atom. The molecule has 3 N–H and O–H groups in total. The van der Waals surface area contributed by atoms with Crippen LogP contribution in [0.1, 0.15) is 61.1 Å². The highest BCUT2D eigenvalue weighted by molar-refractivity contribution is 5.93. The fourth-order valence-electron chi connectivity index (χ4n) is 6.93. The maximum atomic E-state index is 13.1. The third-order valence-corrected chi connectivity index (χ3v) is 7.88. The number of rotatable bonds is 9. The van der Waals surface area contributed by atoms with Gasteiger partial charge in [-0.2, -0.15) is 0 Å². The number of hydrogen-bond donors (Lipinski definition) is 3. The molecule has 176 valence electrons. The number of carbonyl (C=O) groups is 2. The Balaban J connectivity index is 1.23. The van der Waals surface area contributed by atoms with E-state index in [9.17, 15) is 14.7 Å². The number of fused-ring (bicyclic) bond motifs is 1. The summed E-state index contributed by atoms with van der Waals surface area (Å²) in [5, 5.41) is 15.7. The van der Waals surface area contributed by atoms with Crippen molar-refractivity contribution in [2.45, 2.75) is 57.5 Å². The van der Waals surface area contributed by atoms with Crippen LogP contribution in [-0.2, 0) is 11.2 Å². The minimum atomic E-state index is -0.642. The van der Waals surface area contributed by atoms with Crippen molar-refractivity contribution in [3.8, 4) is 0 Å². The van der Waals surface area contributed by atoms with Crippen molar-refractivity contribution in [2.75, 3.05) is 13.1 Å². The van der Waals surface area contributed by atoms with Gasteiger partial charge >= 0.3 is 0 Å². The van der Waals surface area contributed by atoms with E-state index in [1.165, 1.54) is 38.5 Å². The molecule has 4 saturated carbocycles. The van der Waals surface area contributed by atoms with Crippen LogP contribution in [-0.4, -0.2) is 45.5 Å². The second-order valence-electron chi connectivity index (χ2n) is 10.6. The van der Waals surface area contributed by atoms with Crippen molar-refractivity contribution in [1.82, 2.24) is 20.0 Å². The summed E-state index contributed by atoms with van der Waals surface area (Å²) in [6, 6.07) is 5.47. The number of aliphatic hydroxyl groups excluding tert-OH is 1. The van der Waals surface area contributed by atoms with Gasteiger partial charge in [-0.25, -0.2) is 4.98 Å². The smallest absolute Gasteiger partial charge is 0.268 e. The van der Waals surface area contributed by atoms with Crippen LogP contribution in [0.4, 0.5) is 0 Å². The van der Waals surface area contributed by atoms with Gasteiger partial charge in [0.05, 0.1) is 18.2 Å². The first-order valence-electron chi connectivity index (χ1n) is 12.2. The van der Waals surface area contributed by atoms with Crippen molar-refractivity contribution >= 4 is 17.5 Å². The van der Waals surface area contributed by atoms with Gasteiger partial charge in [0.15, 0.2) is 0 Å². The normalized spacial score (nSPS) is 28.6. The Morgan fingerprint density at radius 1 is 1.18 bits per heavy atom. The summed E-state index contributed by atoms with van der Waals surface area (Å²) in [5.41, 5.74) is 2.06. The Hall–Kier alpha value is -2.67. The average molecular weight is 451 g/mol. The zero-order chi connectivity index (χ0) is 23.0. The molecule has 0 saturated heterocycles. The Morgan fingerprint density at radius 3 is 2.55 bits per heavy atom. The zero-order valence-electron chi connectivity index (χ0n) is 19.1. The summed E-state index contributed by atoms with van der Waals surface area (Å²) in [5.74, 6) is 2.28. The third kappa shape index (κ3) is 4.69. The number of carbonyl (C=O) groups excluding carboxylic acids is 2. The number of aromatic nitrogens is 2. The van der Waals surface area contributed by atoms with Crippen molar-refractivity contribution < 1.29 is 14.7 Å². The number of pyridine rings is 1. The number of hydrogen-bond acceptors (Lipinski definition) is 4. The molecule has 1 atom stereocenters. The quantitative estimate of drug-likeness (QED) is 0.512. The fraction of sp³-hybridized carbons (Fsp3) is 0.577. The number of nitrogens with one attached hydrogen (secondary N) is 2. The van der Waals surface area contributed by atoms with Crippen LogP contribution in [0.5, 0.6) is 0 Å². The van der Waals surface area contributed by atoms with E-state index >= 15 is 0 Å². The van der Waals surface area contributed by atoms with Crippen LogP contribution in [0.15, 0.2) is 37.1 Å². The van der Waals surface area contributed by atoms with Gasteiger partial charge in [0.1, 0.15) is 11.3 Å². The first-order valence-corrected chi connectivity index (χ1v) is 12.2. The molecule has 2 heterocycles. The van der Waals surface area contributed by atoms with E-state index in [4.69, 9.17) is 0 Å². The van der Waals surface area contributed by atoms with Crippen LogP contribution < -0.4 is 10.6 Å². The number of aliphatic hydroxyl groups is 1. The lowest BCUT2D eigenvalue weighted by Crippen LogP contribution is -2.51. The predicted octanol–water partition coefficient (Wildman–Crippen LogP) is 2.88. The van der Waals surface area contributed by atoms with Gasteiger partial charge in [-0.15, -0.1) is 6.58 Å². The molecule has 4 fully saturated rings. The molecule has 4 bridgehead atoms. The van der Waals surface area contributed by atoms with Crippen molar-refractivity contribution in [1.29, 1.82) is 0 Å². The molecular weight excluding hydrogens is 416 g/mol. The monoisotopic (exact) mass is 450 g/mol. The van der Waals surface area contributed by atoms with Gasteiger partial charge in [-0.05, 0) is 80.2 Å². The van der Waals surface area contributed by atoms with Crippen molar-refractivity contribution in [2.24, 2.45) is 23.2 Å². The van der Waals surface area contributed by atoms with Crippen molar-refractivity contribution in [3.05, 3.63) is 48.4 Å². The molecule has 7 heteroatoms. The number of nitrogens with zero attached hydrogens (tertiary/aromatic N) is 2. The van der Waals surface area contributed by atoms with Gasteiger partial charge < -0.3 is 15.7 Å². The number of imidazole rings is 1. The van der Waals surface area contributed by atoms with Crippen LogP contribution >= 0.6 is 0 Å². The summed E-state index contributed by atoms with van der Waals surface area (Å²) in [6.07, 6.45) is 11.2. The summed E-state index contributed by atoms with van der Waals surface area (Å²) < 4.78 is 1.77. The maximum absolute atomic E-state index is 13.1. The van der Waals surface area contributed by atoms with Crippen LogP contribution in [0.2, 0.25) is 0 Å². The molecule has 7 nitrogen and oxygen atoms in total. The van der Waals surface area contributed by atoms with Gasteiger partial charge in [0.2, 0.25) is 5.91 Å². The maximum Gasteiger partial charge on any atom is 0.268 e. The molecule has 2 aromatic heterocycles. The standard InChI is InChI=1S/C26H34N4O3/c1-2-4-21(31)14-27-24(32)10-20-15-30-22(5-3-6-23(30)29-20)25(33)28-16-26-11-17-7-18(12-26)9-19(8-17)13-26/h2-3,5-6,15,17-19,21,31H,1,4,7-14,16H2,(H,27,32)(H,28,33). The van der Waals surface area contributed by atoms with E-state index in [0.29, 0.717) is 23.5 Å². The zero-order valence-corrected chi connectivity index (χ0v) is 19.1. The summed E-state index contributed by atoms with van der Waals surface area (Å²) in [4.78, 5) is 29.9. The highest BCUT2D eigenvalue weighted by atomic mass is 16.3. The molecule has 0 spiro atoms. The lowest BCUT2D eigenvalue weighted by Gasteiger charge is -2.56. The molecule has 33 heavy (non-hydrogen) atoms. The molecule has 2 aromatic rings. The molecule has 0 aliphatic heterocycles. The summed E-state index contributed by atoms with van der Waals surface area (Å²) in [7, 11) is 0. The highest BCUT2D eigenvalue weighted by Gasteiger charge is 2.50. The molecule has 1 unspecified atom stereocenters. The average Bonchev–Trinajstić information content (AvgIpc) is 3.18. The van der Waals surface area contributed by atoms with E-state index < -0.39 is 6.10 Å². The van der Waals surface area contributed by atoms with Crippen LogP contribution in [0.25, 0.3) is 5.65 Å². The summed E-state index contributed by atoms with van der Waals surface area (Å²) in [6.45, 7) is 4.51. The van der Waals surface area contributed by atoms with Gasteiger partial charge in [0.25, 0.3) is 5.91 Å². The number of amides is 2. The second kappa shape index (κ2) is 8.93. The molecule has 2 amide bonds. The van der Waals surface area contributed by atoms with E-state index in [-0.39, 0.29) is 30.2 Å². The van der Waals surface area contributed by atoms with Gasteiger partial charge in [-0.3, -0.25) is 14.0 Å². The van der Waals surface area contributed by atoms with Crippen LogP contribution in [0, 0.1) is 23.2 Å². The van der Waals surface area contributed by atoms with Gasteiger partial charge in [-0.1, -0.05) is 12.1 Å². The molecule has 4 aliphatic carbocycles. The first-order chi connectivity index (χ1) is 15.9. The Labute approximate surface area is 194 Å². The third-order valence-electron chi connectivity index (χ3n) is 7.88. The molecule has 4 aliphatic rings. The van der Waals surface area contributed by atoms with E-state index in [1.807, 2.05) is 12.1 Å². The summed E-state index contributed by atoms with van der Waals surface area (Å²) >= 11 is 0. The minimum Gasteiger partial charge on any atom is -0.391 e. The fourth-order valence-corrected chi connectivity index (χ4v) is 6.93. The Bertz CT molecular complexity index is 1020. The first kappa shape index (κ1) is 22.1. The highest BCUT2D eigenvalue weighted by Crippen LogP contribution is 2.59. The van der Waals surface area contributed by atoms with Gasteiger partial charge in [0, 0.05) is 19.3 Å². The van der Waals surface area contributed by atoms with E-state index in [1.54, 1.807) is 22.7 Å². The lowest BCUT2D eigenvalue weighted by molar-refractivity contribution is -0.120. The molecule has 6 rings (SSSR count). The predicted molar refractivity (Wildman–Crippen MR) is 126 cm³/mol. The Kier molecular flexibility index (Phi) is 5.99. The topological polar surface area (TPSA) is 95.7 Å². The van der Waals surface area contributed by atoms with E-state index in [2.05, 4.69) is 22.2 Å². The largest absolute Gasteiger partial charge is 0.391 e. The molecule has 0 aromatic carbocycles. The van der Waals surface area contributed by atoms with Crippen molar-refractivity contribution in [3.63, 3.8) is 0 Å². The lowest BCUT2D eigenvalue weighted by atomic mass is 9.49. The van der Waals surface area contributed by atoms with E-state index in [0.717, 1.165) is 24.3 Å². The second-order valence-corrected chi connectivity index (χ2v) is 10.6. The molecular formula is C26H34N4O3. The minimum absolute atomic E-state index is 0.0858. The molecule has 0 radical (unpaired) electrons.